The maximum Gasteiger partial charge on any atom is 0.261 e. The molecule has 1 heterocycles. The number of nitrogens with one attached hydrogen (secondary N) is 1. The molecule has 3 aromatic rings. The van der Waals surface area contributed by atoms with Gasteiger partial charge in [-0.3, -0.25) is 14.5 Å². The van der Waals surface area contributed by atoms with E-state index in [0.29, 0.717) is 39.5 Å². The van der Waals surface area contributed by atoms with Crippen LogP contribution in [-0.4, -0.2) is 46.5 Å². The van der Waals surface area contributed by atoms with E-state index in [9.17, 15) is 18.0 Å². The number of fused-ring (bicyclic) bond motifs is 1. The predicted octanol–water partition coefficient (Wildman–Crippen LogP) is 2.99. The van der Waals surface area contributed by atoms with Crippen LogP contribution >= 0.6 is 0 Å². The van der Waals surface area contributed by atoms with Crippen molar-refractivity contribution in [1.82, 2.24) is 9.62 Å². The van der Waals surface area contributed by atoms with E-state index in [0.717, 1.165) is 4.90 Å². The standard InChI is InChI=1S/C25H24N2O7S/c1-32-21-12-17(13-22(33-2)23(21)34-3)14-26-35(30,31)18-10-8-16(9-11-18)15-27-24(28)19-6-4-5-7-20(19)25(27)29/h4-13,26H,14-15H2,1-3H3. The molecule has 1 aliphatic rings. The summed E-state index contributed by atoms with van der Waals surface area (Å²) in [6.07, 6.45) is 0. The van der Waals surface area contributed by atoms with E-state index >= 15 is 0 Å². The fourth-order valence-electron chi connectivity index (χ4n) is 3.84. The Hall–Kier alpha value is -3.89. The molecule has 35 heavy (non-hydrogen) atoms. The minimum absolute atomic E-state index is 0.00413. The molecule has 1 N–H and O–H groups in total. The van der Waals surface area contributed by atoms with E-state index in [4.69, 9.17) is 14.2 Å². The van der Waals surface area contributed by atoms with Gasteiger partial charge in [-0.15, -0.1) is 0 Å². The molecule has 0 aromatic heterocycles. The second kappa shape index (κ2) is 9.77. The van der Waals surface area contributed by atoms with E-state index < -0.39 is 10.0 Å². The van der Waals surface area contributed by atoms with Gasteiger partial charge in [0.15, 0.2) is 11.5 Å². The number of carbonyl (C=O) groups is 2. The Labute approximate surface area is 203 Å². The van der Waals surface area contributed by atoms with Gasteiger partial charge in [-0.25, -0.2) is 13.1 Å². The second-order valence-electron chi connectivity index (χ2n) is 7.74. The van der Waals surface area contributed by atoms with Crippen LogP contribution in [0.25, 0.3) is 0 Å². The van der Waals surface area contributed by atoms with Crippen LogP contribution in [0, 0.1) is 0 Å². The zero-order valence-corrected chi connectivity index (χ0v) is 20.2. The Bertz CT molecular complexity index is 1330. The number of rotatable bonds is 9. The van der Waals surface area contributed by atoms with E-state index in [1.165, 1.54) is 33.5 Å². The minimum Gasteiger partial charge on any atom is -0.493 e. The number of sulfonamides is 1. The SMILES string of the molecule is COc1cc(CNS(=O)(=O)c2ccc(CN3C(=O)c4ccccc4C3=O)cc2)cc(OC)c1OC. The minimum atomic E-state index is -3.83. The normalized spacial score (nSPS) is 13.1. The quantitative estimate of drug-likeness (QED) is 0.454. The largest absolute Gasteiger partial charge is 0.493 e. The van der Waals surface area contributed by atoms with Crippen LogP contribution in [0.3, 0.4) is 0 Å². The molecule has 0 bridgehead atoms. The molecule has 0 radical (unpaired) electrons. The van der Waals surface area contributed by atoms with Gasteiger partial charge < -0.3 is 14.2 Å². The predicted molar refractivity (Wildman–Crippen MR) is 127 cm³/mol. The van der Waals surface area contributed by atoms with Crippen molar-refractivity contribution < 1.29 is 32.2 Å². The molecule has 10 heteroatoms. The highest BCUT2D eigenvalue weighted by Crippen LogP contribution is 2.38. The number of carbonyl (C=O) groups excluding carboxylic acids is 2. The summed E-state index contributed by atoms with van der Waals surface area (Å²) in [6, 6.07) is 16.0. The summed E-state index contributed by atoms with van der Waals surface area (Å²) < 4.78 is 44.1. The fourth-order valence-corrected chi connectivity index (χ4v) is 4.86. The van der Waals surface area contributed by atoms with Gasteiger partial charge in [0.25, 0.3) is 11.8 Å². The van der Waals surface area contributed by atoms with E-state index in [2.05, 4.69) is 4.72 Å². The van der Waals surface area contributed by atoms with Crippen LogP contribution in [-0.2, 0) is 23.1 Å². The van der Waals surface area contributed by atoms with Gasteiger partial charge in [0.2, 0.25) is 15.8 Å². The third-order valence-corrected chi connectivity index (χ3v) is 7.06. The summed E-state index contributed by atoms with van der Waals surface area (Å²) >= 11 is 0. The van der Waals surface area contributed by atoms with Crippen molar-refractivity contribution in [3.8, 4) is 17.2 Å². The molecule has 3 aromatic carbocycles. The Morgan fingerprint density at radius 1 is 0.771 bits per heavy atom. The zero-order chi connectivity index (χ0) is 25.2. The average Bonchev–Trinajstić information content (AvgIpc) is 3.12. The molecule has 4 rings (SSSR count). The number of ether oxygens (including phenoxy) is 3. The first-order valence-corrected chi connectivity index (χ1v) is 12.1. The molecule has 0 fully saturated rings. The summed E-state index contributed by atoms with van der Waals surface area (Å²) in [5.74, 6) is 0.510. The number of imide groups is 1. The van der Waals surface area contributed by atoms with Crippen molar-refractivity contribution in [1.29, 1.82) is 0 Å². The van der Waals surface area contributed by atoms with Crippen LogP contribution < -0.4 is 18.9 Å². The Morgan fingerprint density at radius 2 is 1.31 bits per heavy atom. The highest BCUT2D eigenvalue weighted by atomic mass is 32.2. The van der Waals surface area contributed by atoms with Crippen LogP contribution in [0.5, 0.6) is 17.2 Å². The zero-order valence-electron chi connectivity index (χ0n) is 19.4. The molecule has 9 nitrogen and oxygen atoms in total. The number of nitrogens with zero attached hydrogens (tertiary/aromatic N) is 1. The number of hydrogen-bond acceptors (Lipinski definition) is 7. The number of methoxy groups -OCH3 is 3. The van der Waals surface area contributed by atoms with E-state index in [1.54, 1.807) is 48.5 Å². The average molecular weight is 497 g/mol. The third kappa shape index (κ3) is 4.71. The van der Waals surface area contributed by atoms with Crippen LogP contribution in [0.15, 0.2) is 65.6 Å². The molecular weight excluding hydrogens is 472 g/mol. The molecule has 0 aliphatic carbocycles. The Balaban J connectivity index is 1.46. The first-order chi connectivity index (χ1) is 16.8. The van der Waals surface area contributed by atoms with Crippen molar-refractivity contribution in [2.45, 2.75) is 18.0 Å². The molecule has 182 valence electrons. The topological polar surface area (TPSA) is 111 Å². The van der Waals surface area contributed by atoms with Gasteiger partial charge >= 0.3 is 0 Å². The summed E-state index contributed by atoms with van der Waals surface area (Å²) in [4.78, 5) is 26.3. The number of hydrogen-bond donors (Lipinski definition) is 1. The highest BCUT2D eigenvalue weighted by molar-refractivity contribution is 7.89. The molecule has 0 unspecified atom stereocenters. The van der Waals surface area contributed by atoms with Gasteiger partial charge in [-0.05, 0) is 47.5 Å². The highest BCUT2D eigenvalue weighted by Gasteiger charge is 2.35. The molecule has 0 atom stereocenters. The van der Waals surface area contributed by atoms with Crippen LogP contribution in [0.1, 0.15) is 31.8 Å². The smallest absolute Gasteiger partial charge is 0.261 e. The lowest BCUT2D eigenvalue weighted by atomic mass is 10.1. The first-order valence-electron chi connectivity index (χ1n) is 10.6. The molecule has 0 saturated carbocycles. The molecule has 0 saturated heterocycles. The molecule has 1 aliphatic heterocycles. The van der Waals surface area contributed by atoms with Gasteiger partial charge in [-0.2, -0.15) is 0 Å². The van der Waals surface area contributed by atoms with Crippen molar-refractivity contribution in [2.75, 3.05) is 21.3 Å². The van der Waals surface area contributed by atoms with Crippen molar-refractivity contribution in [2.24, 2.45) is 0 Å². The first kappa shape index (κ1) is 24.2. The summed E-state index contributed by atoms with van der Waals surface area (Å²) in [6.45, 7) is 0.0430. The monoisotopic (exact) mass is 496 g/mol. The lowest BCUT2D eigenvalue weighted by molar-refractivity contribution is 0.0642. The number of benzene rings is 3. The van der Waals surface area contributed by atoms with Crippen LogP contribution in [0.4, 0.5) is 0 Å². The van der Waals surface area contributed by atoms with Gasteiger partial charge in [0, 0.05) is 6.54 Å². The van der Waals surface area contributed by atoms with Crippen LogP contribution in [0.2, 0.25) is 0 Å². The van der Waals surface area contributed by atoms with E-state index in [1.807, 2.05) is 0 Å². The van der Waals surface area contributed by atoms with Gasteiger partial charge in [-0.1, -0.05) is 24.3 Å². The van der Waals surface area contributed by atoms with Gasteiger partial charge in [0.1, 0.15) is 0 Å². The third-order valence-electron chi connectivity index (χ3n) is 5.64. The molecular formula is C25H24N2O7S. The number of amides is 2. The maximum absolute atomic E-state index is 12.8. The summed E-state index contributed by atoms with van der Waals surface area (Å²) in [7, 11) is 0.616. The van der Waals surface area contributed by atoms with E-state index in [-0.39, 0.29) is 29.8 Å². The lowest BCUT2D eigenvalue weighted by Crippen LogP contribution is -2.29. The Morgan fingerprint density at radius 3 is 1.80 bits per heavy atom. The summed E-state index contributed by atoms with van der Waals surface area (Å²) in [5.41, 5.74) is 1.98. The maximum atomic E-state index is 12.8. The second-order valence-corrected chi connectivity index (χ2v) is 9.51. The fraction of sp³-hybridized carbons (Fsp3) is 0.200. The van der Waals surface area contributed by atoms with Crippen molar-refractivity contribution in [3.63, 3.8) is 0 Å². The Kier molecular flexibility index (Phi) is 6.77. The summed E-state index contributed by atoms with van der Waals surface area (Å²) in [5, 5.41) is 0. The van der Waals surface area contributed by atoms with Crippen molar-refractivity contribution in [3.05, 3.63) is 82.9 Å². The van der Waals surface area contributed by atoms with Gasteiger partial charge in [0.05, 0.1) is 43.9 Å². The molecule has 2 amide bonds. The molecule has 0 spiro atoms. The van der Waals surface area contributed by atoms with Crippen molar-refractivity contribution >= 4 is 21.8 Å². The lowest BCUT2D eigenvalue weighted by Gasteiger charge is -2.15.